The second-order valence-corrected chi connectivity index (χ2v) is 7.53. The number of aliphatic imine (C=N–C) groups is 1. The molecule has 1 aliphatic heterocycles. The van der Waals surface area contributed by atoms with Crippen molar-refractivity contribution in [1.82, 2.24) is 15.1 Å². The van der Waals surface area contributed by atoms with Crippen molar-refractivity contribution in [2.24, 2.45) is 10.9 Å². The molecule has 0 radical (unpaired) electrons. The van der Waals surface area contributed by atoms with Crippen molar-refractivity contribution >= 4 is 41.7 Å². The van der Waals surface area contributed by atoms with Crippen LogP contribution in [-0.4, -0.2) is 75.5 Å². The van der Waals surface area contributed by atoms with E-state index in [1.807, 2.05) is 7.05 Å². The number of rotatable bonds is 7. The average molecular weight is 492 g/mol. The Hall–Kier alpha value is -0.510. The molecule has 2 rings (SSSR count). The van der Waals surface area contributed by atoms with Crippen molar-refractivity contribution in [3.8, 4) is 0 Å². The SMILES string of the molecule is CN=C(NCC(C)CN1CCOCC1)N(C)Cc1ccc(SC)cc1.I. The second kappa shape index (κ2) is 12.8. The number of halogens is 1. The highest BCUT2D eigenvalue weighted by atomic mass is 127. The maximum Gasteiger partial charge on any atom is 0.193 e. The molecule has 1 aromatic carbocycles. The quantitative estimate of drug-likeness (QED) is 0.274. The van der Waals surface area contributed by atoms with Crippen LogP contribution in [0.15, 0.2) is 34.2 Å². The molecule has 0 bridgehead atoms. The highest BCUT2D eigenvalue weighted by molar-refractivity contribution is 14.0. The maximum absolute atomic E-state index is 5.42. The standard InChI is InChI=1S/C19H32N4OS.HI/c1-16(14-23-9-11-24-12-10-23)13-21-19(20-2)22(3)15-17-5-7-18(25-4)8-6-17;/h5-8,16H,9-15H2,1-4H3,(H,20,21);1H. The van der Waals surface area contributed by atoms with Crippen molar-refractivity contribution in [2.45, 2.75) is 18.4 Å². The number of nitrogens with zero attached hydrogens (tertiary/aromatic N) is 3. The van der Waals surface area contributed by atoms with Crippen LogP contribution >= 0.6 is 35.7 Å². The molecule has 5 nitrogen and oxygen atoms in total. The molecule has 7 heteroatoms. The van der Waals surface area contributed by atoms with Crippen LogP contribution < -0.4 is 5.32 Å². The van der Waals surface area contributed by atoms with Crippen molar-refractivity contribution in [2.75, 3.05) is 59.7 Å². The van der Waals surface area contributed by atoms with Gasteiger partial charge >= 0.3 is 0 Å². The van der Waals surface area contributed by atoms with Crippen molar-refractivity contribution in [3.05, 3.63) is 29.8 Å². The van der Waals surface area contributed by atoms with Crippen molar-refractivity contribution in [3.63, 3.8) is 0 Å². The first kappa shape index (κ1) is 23.5. The molecule has 1 N–H and O–H groups in total. The van der Waals surface area contributed by atoms with Crippen LogP contribution in [0.5, 0.6) is 0 Å². The van der Waals surface area contributed by atoms with E-state index < -0.39 is 0 Å². The molecule has 1 heterocycles. The van der Waals surface area contributed by atoms with E-state index in [1.54, 1.807) is 11.8 Å². The minimum absolute atomic E-state index is 0. The van der Waals surface area contributed by atoms with E-state index in [0.29, 0.717) is 5.92 Å². The fourth-order valence-corrected chi connectivity index (χ4v) is 3.43. The molecule has 1 fully saturated rings. The van der Waals surface area contributed by atoms with Gasteiger partial charge in [-0.2, -0.15) is 0 Å². The summed E-state index contributed by atoms with van der Waals surface area (Å²) >= 11 is 1.77. The first-order valence-corrected chi connectivity index (χ1v) is 10.2. The van der Waals surface area contributed by atoms with Gasteiger partial charge in [0.25, 0.3) is 0 Å². The van der Waals surface area contributed by atoms with E-state index in [2.05, 4.69) is 64.6 Å². The normalized spacial score (nSPS) is 16.7. The van der Waals surface area contributed by atoms with E-state index in [0.717, 1.165) is 51.9 Å². The summed E-state index contributed by atoms with van der Waals surface area (Å²) in [6.07, 6.45) is 2.10. The molecule has 26 heavy (non-hydrogen) atoms. The number of hydrogen-bond acceptors (Lipinski definition) is 4. The van der Waals surface area contributed by atoms with E-state index >= 15 is 0 Å². The van der Waals surface area contributed by atoms with Crippen LogP contribution in [0.4, 0.5) is 0 Å². The van der Waals surface area contributed by atoms with Gasteiger partial charge in [-0.15, -0.1) is 35.7 Å². The molecule has 0 spiro atoms. The third kappa shape index (κ3) is 8.02. The van der Waals surface area contributed by atoms with Crippen LogP contribution in [0.2, 0.25) is 0 Å². The molecule has 0 saturated carbocycles. The van der Waals surface area contributed by atoms with E-state index in [4.69, 9.17) is 4.74 Å². The number of guanidine groups is 1. The summed E-state index contributed by atoms with van der Waals surface area (Å²) in [5.41, 5.74) is 1.30. The fourth-order valence-electron chi connectivity index (χ4n) is 3.02. The lowest BCUT2D eigenvalue weighted by Gasteiger charge is -2.30. The number of benzene rings is 1. The topological polar surface area (TPSA) is 40.1 Å². The molecule has 148 valence electrons. The molecular weight excluding hydrogens is 459 g/mol. The lowest BCUT2D eigenvalue weighted by Crippen LogP contribution is -2.44. The largest absolute Gasteiger partial charge is 0.379 e. The van der Waals surface area contributed by atoms with E-state index in [1.165, 1.54) is 10.5 Å². The van der Waals surface area contributed by atoms with Gasteiger partial charge in [0.1, 0.15) is 0 Å². The summed E-state index contributed by atoms with van der Waals surface area (Å²) < 4.78 is 5.42. The van der Waals surface area contributed by atoms with Crippen LogP contribution in [0.25, 0.3) is 0 Å². The van der Waals surface area contributed by atoms with Gasteiger partial charge in [-0.1, -0.05) is 19.1 Å². The Bertz CT molecular complexity index is 535. The summed E-state index contributed by atoms with van der Waals surface area (Å²) in [7, 11) is 3.94. The van der Waals surface area contributed by atoms with Crippen LogP contribution in [0.3, 0.4) is 0 Å². The zero-order valence-corrected chi connectivity index (χ0v) is 19.5. The van der Waals surface area contributed by atoms with Crippen LogP contribution in [0, 0.1) is 5.92 Å². The number of morpholine rings is 1. The van der Waals surface area contributed by atoms with Gasteiger partial charge in [-0.3, -0.25) is 9.89 Å². The molecule has 0 amide bonds. The van der Waals surface area contributed by atoms with Gasteiger partial charge in [0.15, 0.2) is 5.96 Å². The Morgan fingerprint density at radius 3 is 2.54 bits per heavy atom. The monoisotopic (exact) mass is 492 g/mol. The maximum atomic E-state index is 5.42. The Morgan fingerprint density at radius 1 is 1.31 bits per heavy atom. The summed E-state index contributed by atoms with van der Waals surface area (Å²) in [6, 6.07) is 8.73. The first-order valence-electron chi connectivity index (χ1n) is 8.97. The highest BCUT2D eigenvalue weighted by Crippen LogP contribution is 2.15. The van der Waals surface area contributed by atoms with Crippen LogP contribution in [0.1, 0.15) is 12.5 Å². The van der Waals surface area contributed by atoms with Crippen LogP contribution in [-0.2, 0) is 11.3 Å². The lowest BCUT2D eigenvalue weighted by atomic mass is 10.1. The number of nitrogens with one attached hydrogen (secondary N) is 1. The molecule has 1 aliphatic rings. The number of ether oxygens (including phenoxy) is 1. The summed E-state index contributed by atoms with van der Waals surface area (Å²) in [5.74, 6) is 1.52. The Balaban J connectivity index is 0.00000338. The van der Waals surface area contributed by atoms with E-state index in [-0.39, 0.29) is 24.0 Å². The molecule has 0 aromatic heterocycles. The third-order valence-electron chi connectivity index (χ3n) is 4.43. The van der Waals surface area contributed by atoms with Gasteiger partial charge in [0.2, 0.25) is 0 Å². The minimum Gasteiger partial charge on any atom is -0.379 e. The van der Waals surface area contributed by atoms with Gasteiger partial charge in [0, 0.05) is 51.7 Å². The average Bonchev–Trinajstić information content (AvgIpc) is 2.63. The fraction of sp³-hybridized carbons (Fsp3) is 0.632. The van der Waals surface area contributed by atoms with E-state index in [9.17, 15) is 0 Å². The Kier molecular flexibility index (Phi) is 11.6. The molecule has 0 aliphatic carbocycles. The van der Waals surface area contributed by atoms with Gasteiger partial charge in [-0.05, 0) is 29.9 Å². The summed E-state index contributed by atoms with van der Waals surface area (Å²) in [6.45, 7) is 8.99. The second-order valence-electron chi connectivity index (χ2n) is 6.65. The number of hydrogen-bond donors (Lipinski definition) is 1. The van der Waals surface area contributed by atoms with Gasteiger partial charge in [-0.25, -0.2) is 0 Å². The smallest absolute Gasteiger partial charge is 0.193 e. The van der Waals surface area contributed by atoms with Gasteiger partial charge < -0.3 is 15.0 Å². The summed E-state index contributed by atoms with van der Waals surface area (Å²) in [4.78, 5) is 10.4. The zero-order chi connectivity index (χ0) is 18.1. The molecule has 1 unspecified atom stereocenters. The number of thioether (sulfide) groups is 1. The zero-order valence-electron chi connectivity index (χ0n) is 16.4. The van der Waals surface area contributed by atoms with Crippen molar-refractivity contribution in [1.29, 1.82) is 0 Å². The molecule has 1 aromatic rings. The van der Waals surface area contributed by atoms with Gasteiger partial charge in [0.05, 0.1) is 13.2 Å². The predicted molar refractivity (Wildman–Crippen MR) is 123 cm³/mol. The predicted octanol–water partition coefficient (Wildman–Crippen LogP) is 3.00. The molecule has 1 saturated heterocycles. The molecule has 1 atom stereocenters. The lowest BCUT2D eigenvalue weighted by molar-refractivity contribution is 0.0320. The minimum atomic E-state index is 0. The Morgan fingerprint density at radius 2 is 1.96 bits per heavy atom. The Labute approximate surface area is 180 Å². The first-order chi connectivity index (χ1) is 12.1. The highest BCUT2D eigenvalue weighted by Gasteiger charge is 2.14. The third-order valence-corrected chi connectivity index (χ3v) is 5.18. The molecular formula is C19H33IN4OS. The van der Waals surface area contributed by atoms with Crippen molar-refractivity contribution < 1.29 is 4.74 Å². The summed E-state index contributed by atoms with van der Waals surface area (Å²) in [5, 5.41) is 3.52.